The Balaban J connectivity index is 5.20. The number of hydrogen-bond donors (Lipinski definition) is 8. The SMILES string of the molecule is CSCCC(NC(=O)C(CS)NC(=O)C(CCC(=O)O)NC(=O)C(N)CCCCN)C(=O)O. The molecule has 0 bridgehead atoms. The van der Waals surface area contributed by atoms with Crippen molar-refractivity contribution in [3.05, 3.63) is 0 Å². The Labute approximate surface area is 202 Å². The minimum Gasteiger partial charge on any atom is -0.481 e. The minimum absolute atomic E-state index is 0.148. The Morgan fingerprint density at radius 2 is 1.45 bits per heavy atom. The highest BCUT2D eigenvalue weighted by Crippen LogP contribution is 2.05. The molecule has 33 heavy (non-hydrogen) atoms. The lowest BCUT2D eigenvalue weighted by Crippen LogP contribution is -2.57. The zero-order chi connectivity index (χ0) is 25.4. The van der Waals surface area contributed by atoms with Crippen LogP contribution in [0.4, 0.5) is 0 Å². The fraction of sp³-hybridized carbons (Fsp3) is 0.737. The van der Waals surface area contributed by atoms with Crippen LogP contribution in [0.3, 0.4) is 0 Å². The summed E-state index contributed by atoms with van der Waals surface area (Å²) in [4.78, 5) is 59.9. The third-order valence-corrected chi connectivity index (χ3v) is 5.64. The zero-order valence-corrected chi connectivity index (χ0v) is 20.3. The minimum atomic E-state index is -1.25. The summed E-state index contributed by atoms with van der Waals surface area (Å²) >= 11 is 5.46. The molecule has 3 amide bonds. The average molecular weight is 510 g/mol. The number of hydrogen-bond acceptors (Lipinski definition) is 9. The van der Waals surface area contributed by atoms with Crippen LogP contribution in [-0.2, 0) is 24.0 Å². The molecule has 9 N–H and O–H groups in total. The quantitative estimate of drug-likeness (QED) is 0.0793. The second kappa shape index (κ2) is 17.4. The molecule has 14 heteroatoms. The van der Waals surface area contributed by atoms with Crippen molar-refractivity contribution in [1.82, 2.24) is 16.0 Å². The van der Waals surface area contributed by atoms with Crippen LogP contribution in [0.15, 0.2) is 0 Å². The number of rotatable bonds is 18. The standard InChI is InChI=1S/C19H35N5O7S2/c1-33-9-7-13(19(30)31)23-18(29)14(10-32)24-17(28)12(5-6-15(25)26)22-16(27)11(21)4-2-3-8-20/h11-14,32H,2-10,20-21H2,1H3,(H,22,27)(H,23,29)(H,24,28)(H,25,26)(H,30,31). The van der Waals surface area contributed by atoms with Gasteiger partial charge in [0.15, 0.2) is 0 Å². The van der Waals surface area contributed by atoms with Crippen LogP contribution in [0.25, 0.3) is 0 Å². The number of carboxylic acid groups (broad SMARTS) is 2. The third kappa shape index (κ3) is 13.3. The maximum absolute atomic E-state index is 12.7. The molecule has 4 unspecified atom stereocenters. The lowest BCUT2D eigenvalue weighted by molar-refractivity contribution is -0.142. The molecule has 0 fully saturated rings. The van der Waals surface area contributed by atoms with Gasteiger partial charge in [0.2, 0.25) is 17.7 Å². The smallest absolute Gasteiger partial charge is 0.326 e. The van der Waals surface area contributed by atoms with Crippen molar-refractivity contribution in [2.45, 2.75) is 62.7 Å². The van der Waals surface area contributed by atoms with E-state index in [1.54, 1.807) is 6.26 Å². The normalized spacial score (nSPS) is 14.4. The van der Waals surface area contributed by atoms with Gasteiger partial charge in [-0.05, 0) is 44.2 Å². The van der Waals surface area contributed by atoms with Gasteiger partial charge in [-0.25, -0.2) is 4.79 Å². The summed E-state index contributed by atoms with van der Waals surface area (Å²) in [5.41, 5.74) is 11.2. The van der Waals surface area contributed by atoms with Gasteiger partial charge in [0.25, 0.3) is 0 Å². The van der Waals surface area contributed by atoms with E-state index in [4.69, 9.17) is 16.6 Å². The molecule has 12 nitrogen and oxygen atoms in total. The average Bonchev–Trinajstić information content (AvgIpc) is 2.76. The van der Waals surface area contributed by atoms with E-state index in [9.17, 15) is 29.1 Å². The molecule has 0 heterocycles. The van der Waals surface area contributed by atoms with Crippen molar-refractivity contribution in [2.24, 2.45) is 11.5 Å². The maximum Gasteiger partial charge on any atom is 0.326 e. The molecule has 0 spiro atoms. The molecule has 0 aromatic heterocycles. The molecule has 0 aromatic carbocycles. The summed E-state index contributed by atoms with van der Waals surface area (Å²) in [5.74, 6) is -4.22. The van der Waals surface area contributed by atoms with E-state index in [-0.39, 0.29) is 18.6 Å². The molecule has 4 atom stereocenters. The lowest BCUT2D eigenvalue weighted by atomic mass is 10.1. The highest BCUT2D eigenvalue weighted by atomic mass is 32.2. The van der Waals surface area contributed by atoms with Crippen LogP contribution in [0.1, 0.15) is 38.5 Å². The molecule has 0 saturated carbocycles. The highest BCUT2D eigenvalue weighted by molar-refractivity contribution is 7.98. The number of nitrogens with two attached hydrogens (primary N) is 2. The predicted molar refractivity (Wildman–Crippen MR) is 128 cm³/mol. The van der Waals surface area contributed by atoms with Crippen molar-refractivity contribution in [1.29, 1.82) is 0 Å². The molecule has 0 aliphatic heterocycles. The second-order valence-corrected chi connectivity index (χ2v) is 8.66. The van der Waals surface area contributed by atoms with Crippen LogP contribution in [-0.4, -0.2) is 88.3 Å². The number of carbonyl (C=O) groups excluding carboxylic acids is 3. The van der Waals surface area contributed by atoms with E-state index in [0.717, 1.165) is 0 Å². The number of thiol groups is 1. The predicted octanol–water partition coefficient (Wildman–Crippen LogP) is -1.47. The lowest BCUT2D eigenvalue weighted by Gasteiger charge is -2.24. The Hall–Kier alpha value is -2.03. The van der Waals surface area contributed by atoms with Gasteiger partial charge in [-0.1, -0.05) is 6.42 Å². The first-order valence-electron chi connectivity index (χ1n) is 10.5. The topological polar surface area (TPSA) is 214 Å². The van der Waals surface area contributed by atoms with Gasteiger partial charge >= 0.3 is 11.9 Å². The number of amides is 3. The number of nitrogens with one attached hydrogen (secondary N) is 3. The van der Waals surface area contributed by atoms with Crippen molar-refractivity contribution < 1.29 is 34.2 Å². The largest absolute Gasteiger partial charge is 0.481 e. The second-order valence-electron chi connectivity index (χ2n) is 7.31. The molecular weight excluding hydrogens is 474 g/mol. The van der Waals surface area contributed by atoms with Crippen LogP contribution in [0.2, 0.25) is 0 Å². The molecule has 0 aliphatic rings. The Bertz CT molecular complexity index is 668. The van der Waals surface area contributed by atoms with E-state index >= 15 is 0 Å². The fourth-order valence-corrected chi connectivity index (χ4v) is 3.42. The van der Waals surface area contributed by atoms with Gasteiger partial charge in [0.05, 0.1) is 6.04 Å². The van der Waals surface area contributed by atoms with Gasteiger partial charge in [-0.15, -0.1) is 0 Å². The third-order valence-electron chi connectivity index (χ3n) is 4.63. The summed E-state index contributed by atoms with van der Waals surface area (Å²) in [6.45, 7) is 0.450. The number of aliphatic carboxylic acids is 2. The molecule has 190 valence electrons. The molecule has 0 aromatic rings. The molecule has 0 radical (unpaired) electrons. The first-order valence-corrected chi connectivity index (χ1v) is 12.5. The summed E-state index contributed by atoms with van der Waals surface area (Å²) in [6, 6.07) is -4.50. The van der Waals surface area contributed by atoms with Gasteiger partial charge in [0.1, 0.15) is 18.1 Å². The molecular formula is C19H35N5O7S2. The van der Waals surface area contributed by atoms with E-state index < -0.39 is 60.2 Å². The van der Waals surface area contributed by atoms with Crippen LogP contribution < -0.4 is 27.4 Å². The monoisotopic (exact) mass is 509 g/mol. The number of carboxylic acids is 2. The van der Waals surface area contributed by atoms with Gasteiger partial charge in [-0.3, -0.25) is 19.2 Å². The van der Waals surface area contributed by atoms with Crippen molar-refractivity contribution in [3.8, 4) is 0 Å². The molecule has 0 saturated heterocycles. The van der Waals surface area contributed by atoms with E-state index in [2.05, 4.69) is 28.6 Å². The van der Waals surface area contributed by atoms with E-state index in [0.29, 0.717) is 31.6 Å². The summed E-state index contributed by atoms with van der Waals surface area (Å²) in [5, 5.41) is 25.4. The first kappa shape index (κ1) is 31.0. The van der Waals surface area contributed by atoms with Gasteiger partial charge in [0, 0.05) is 12.2 Å². The number of thioether (sulfide) groups is 1. The summed E-state index contributed by atoms with van der Waals surface area (Å²) in [7, 11) is 0. The van der Waals surface area contributed by atoms with Crippen LogP contribution in [0.5, 0.6) is 0 Å². The Morgan fingerprint density at radius 3 is 1.97 bits per heavy atom. The molecule has 0 rings (SSSR count). The van der Waals surface area contributed by atoms with Crippen LogP contribution in [0, 0.1) is 0 Å². The van der Waals surface area contributed by atoms with E-state index in [1.807, 2.05) is 0 Å². The Morgan fingerprint density at radius 1 is 0.879 bits per heavy atom. The number of carbonyl (C=O) groups is 5. The van der Waals surface area contributed by atoms with Crippen molar-refractivity contribution in [2.75, 3.05) is 24.3 Å². The maximum atomic E-state index is 12.7. The van der Waals surface area contributed by atoms with E-state index in [1.165, 1.54) is 11.8 Å². The fourth-order valence-electron chi connectivity index (χ4n) is 2.69. The summed E-state index contributed by atoms with van der Waals surface area (Å²) in [6.07, 6.45) is 2.98. The summed E-state index contributed by atoms with van der Waals surface area (Å²) < 4.78 is 0. The van der Waals surface area contributed by atoms with Gasteiger partial charge in [-0.2, -0.15) is 24.4 Å². The Kier molecular flexibility index (Phi) is 16.4. The van der Waals surface area contributed by atoms with Crippen LogP contribution >= 0.6 is 24.4 Å². The zero-order valence-electron chi connectivity index (χ0n) is 18.6. The highest BCUT2D eigenvalue weighted by Gasteiger charge is 2.29. The van der Waals surface area contributed by atoms with Crippen molar-refractivity contribution >= 4 is 54.1 Å². The molecule has 0 aliphatic carbocycles. The first-order chi connectivity index (χ1) is 15.6. The van der Waals surface area contributed by atoms with Crippen molar-refractivity contribution in [3.63, 3.8) is 0 Å². The number of unbranched alkanes of at least 4 members (excludes halogenated alkanes) is 1. The van der Waals surface area contributed by atoms with Gasteiger partial charge < -0.3 is 37.6 Å².